The fourth-order valence-electron chi connectivity index (χ4n) is 2.94. The van der Waals surface area contributed by atoms with Gasteiger partial charge in [0, 0.05) is 24.8 Å². The van der Waals surface area contributed by atoms with E-state index in [1.807, 2.05) is 21.0 Å². The van der Waals surface area contributed by atoms with Crippen molar-refractivity contribution in [2.45, 2.75) is 36.6 Å². The summed E-state index contributed by atoms with van der Waals surface area (Å²) in [6.07, 6.45) is 3.23. The van der Waals surface area contributed by atoms with E-state index in [-0.39, 0.29) is 10.4 Å². The van der Waals surface area contributed by atoms with Gasteiger partial charge >= 0.3 is 0 Å². The van der Waals surface area contributed by atoms with Crippen molar-refractivity contribution in [1.29, 1.82) is 0 Å². The van der Waals surface area contributed by atoms with Crippen molar-refractivity contribution in [3.05, 3.63) is 23.8 Å². The van der Waals surface area contributed by atoms with Gasteiger partial charge in [0.1, 0.15) is 0 Å². The summed E-state index contributed by atoms with van der Waals surface area (Å²) in [4.78, 5) is 2.42. The molecule has 0 aliphatic heterocycles. The molecule has 5 nitrogen and oxygen atoms in total. The first-order valence-corrected chi connectivity index (χ1v) is 8.62. The van der Waals surface area contributed by atoms with Crippen LogP contribution < -0.4 is 5.73 Å². The van der Waals surface area contributed by atoms with E-state index < -0.39 is 10.0 Å². The van der Waals surface area contributed by atoms with E-state index in [1.54, 1.807) is 19.2 Å². The third-order valence-electron chi connectivity index (χ3n) is 4.53. The number of hydrogen-bond donors (Lipinski definition) is 1. The molecule has 1 aliphatic rings. The van der Waals surface area contributed by atoms with Crippen molar-refractivity contribution in [3.63, 3.8) is 0 Å². The van der Waals surface area contributed by atoms with Crippen LogP contribution in [0.25, 0.3) is 0 Å². The molecule has 0 unspecified atom stereocenters. The van der Waals surface area contributed by atoms with E-state index in [0.717, 1.165) is 24.8 Å². The lowest BCUT2D eigenvalue weighted by atomic mass is 9.75. The molecule has 0 spiro atoms. The van der Waals surface area contributed by atoms with Crippen molar-refractivity contribution in [2.24, 2.45) is 0 Å². The zero-order chi connectivity index (χ0) is 15.8. The Morgan fingerprint density at radius 2 is 1.81 bits per heavy atom. The minimum Gasteiger partial charge on any atom is -0.399 e. The van der Waals surface area contributed by atoms with Crippen LogP contribution >= 0.6 is 0 Å². The van der Waals surface area contributed by atoms with Crippen LogP contribution in [-0.2, 0) is 10.0 Å². The van der Waals surface area contributed by atoms with Gasteiger partial charge in [0.05, 0.1) is 4.90 Å². The number of nitrogens with zero attached hydrogens (tertiary/aromatic N) is 2. The fraction of sp³-hybridized carbons (Fsp3) is 0.600. The van der Waals surface area contributed by atoms with Crippen molar-refractivity contribution in [3.8, 4) is 0 Å². The Kier molecular flexibility index (Phi) is 4.33. The number of hydrogen-bond acceptors (Lipinski definition) is 4. The van der Waals surface area contributed by atoms with Crippen LogP contribution in [0.1, 0.15) is 24.8 Å². The summed E-state index contributed by atoms with van der Waals surface area (Å²) in [6, 6.07) is 4.97. The maximum atomic E-state index is 12.7. The van der Waals surface area contributed by atoms with Gasteiger partial charge in [0.2, 0.25) is 10.0 Å². The number of nitrogens with two attached hydrogens (primary N) is 1. The molecule has 2 N–H and O–H groups in total. The molecule has 2 rings (SSSR count). The van der Waals surface area contributed by atoms with Crippen LogP contribution in [0.15, 0.2) is 23.1 Å². The Labute approximate surface area is 127 Å². The lowest BCUT2D eigenvalue weighted by Crippen LogP contribution is -2.57. The van der Waals surface area contributed by atoms with Crippen LogP contribution in [0, 0.1) is 6.92 Å². The quantitative estimate of drug-likeness (QED) is 0.840. The summed E-state index contributed by atoms with van der Waals surface area (Å²) in [5.74, 6) is 0. The van der Waals surface area contributed by atoms with Crippen molar-refractivity contribution >= 4 is 15.7 Å². The smallest absolute Gasteiger partial charge is 0.242 e. The molecule has 1 fully saturated rings. The van der Waals surface area contributed by atoms with Gasteiger partial charge in [0.25, 0.3) is 0 Å². The first-order chi connectivity index (χ1) is 9.67. The molecule has 21 heavy (non-hydrogen) atoms. The molecule has 0 saturated heterocycles. The number of nitrogen functional groups attached to an aromatic ring is 1. The van der Waals surface area contributed by atoms with Gasteiger partial charge < -0.3 is 10.6 Å². The van der Waals surface area contributed by atoms with Gasteiger partial charge in [-0.3, -0.25) is 0 Å². The summed E-state index contributed by atoms with van der Waals surface area (Å²) < 4.78 is 26.9. The molecule has 1 aromatic rings. The summed E-state index contributed by atoms with van der Waals surface area (Å²) in [5.41, 5.74) is 7.08. The first kappa shape index (κ1) is 16.3. The predicted molar refractivity (Wildman–Crippen MR) is 85.7 cm³/mol. The molecule has 0 atom stereocenters. The van der Waals surface area contributed by atoms with Crippen molar-refractivity contribution in [2.75, 3.05) is 33.4 Å². The second-order valence-corrected chi connectivity index (χ2v) is 8.36. The number of aryl methyl sites for hydroxylation is 1. The van der Waals surface area contributed by atoms with Crippen molar-refractivity contribution < 1.29 is 8.42 Å². The molecule has 0 bridgehead atoms. The molecule has 0 heterocycles. The predicted octanol–water partition coefficient (Wildman–Crippen LogP) is 1.68. The molecule has 6 heteroatoms. The lowest BCUT2D eigenvalue weighted by Gasteiger charge is -2.48. The van der Waals surface area contributed by atoms with Gasteiger partial charge in [-0.25, -0.2) is 8.42 Å². The Morgan fingerprint density at radius 1 is 1.19 bits per heavy atom. The molecule has 0 aromatic heterocycles. The molecule has 0 amide bonds. The Balaban J connectivity index is 2.26. The molecular formula is C15H25N3O2S. The number of anilines is 1. The summed E-state index contributed by atoms with van der Waals surface area (Å²) >= 11 is 0. The van der Waals surface area contributed by atoms with Crippen LogP contribution in [0.5, 0.6) is 0 Å². The maximum Gasteiger partial charge on any atom is 0.242 e. The topological polar surface area (TPSA) is 66.6 Å². The second-order valence-electron chi connectivity index (χ2n) is 6.31. The third kappa shape index (κ3) is 3.07. The lowest BCUT2D eigenvalue weighted by molar-refractivity contribution is 0.0455. The highest BCUT2D eigenvalue weighted by molar-refractivity contribution is 7.89. The van der Waals surface area contributed by atoms with Crippen LogP contribution in [0.2, 0.25) is 0 Å². The minimum absolute atomic E-state index is 0.0306. The Morgan fingerprint density at radius 3 is 2.24 bits per heavy atom. The molecule has 118 valence electrons. The summed E-state index contributed by atoms with van der Waals surface area (Å²) in [6.45, 7) is 2.36. The van der Waals surface area contributed by atoms with Gasteiger partial charge in [-0.15, -0.1) is 0 Å². The molecule has 0 radical (unpaired) electrons. The zero-order valence-corrected chi connectivity index (χ0v) is 14.1. The minimum atomic E-state index is -3.50. The van der Waals surface area contributed by atoms with Gasteiger partial charge in [-0.1, -0.05) is 0 Å². The highest BCUT2D eigenvalue weighted by Crippen LogP contribution is 2.37. The van der Waals surface area contributed by atoms with E-state index in [4.69, 9.17) is 5.73 Å². The largest absolute Gasteiger partial charge is 0.399 e. The maximum absolute atomic E-state index is 12.7. The van der Waals surface area contributed by atoms with Gasteiger partial charge in [0.15, 0.2) is 0 Å². The normalized spacial score (nSPS) is 18.0. The summed E-state index contributed by atoms with van der Waals surface area (Å²) in [7, 11) is 2.19. The van der Waals surface area contributed by atoms with Gasteiger partial charge in [-0.05, 0) is 64.0 Å². The van der Waals surface area contributed by atoms with E-state index in [1.165, 1.54) is 10.4 Å². The van der Waals surface area contributed by atoms with Crippen LogP contribution in [0.3, 0.4) is 0 Å². The molecular weight excluding hydrogens is 286 g/mol. The Hall–Kier alpha value is -1.11. The molecule has 1 saturated carbocycles. The molecule has 1 aliphatic carbocycles. The zero-order valence-electron chi connectivity index (χ0n) is 13.3. The fourth-order valence-corrected chi connectivity index (χ4v) is 4.33. The second kappa shape index (κ2) is 5.59. The third-order valence-corrected chi connectivity index (χ3v) is 6.31. The van der Waals surface area contributed by atoms with Crippen LogP contribution in [-0.4, -0.2) is 50.8 Å². The SMILES string of the molecule is Cc1cc(N)cc(S(=O)(=O)N(C)CC2(N(C)C)CCC2)c1. The first-order valence-electron chi connectivity index (χ1n) is 7.18. The average molecular weight is 311 g/mol. The number of rotatable bonds is 5. The number of likely N-dealkylation sites (N-methyl/N-ethyl adjacent to an activating group) is 2. The van der Waals surface area contributed by atoms with Crippen molar-refractivity contribution in [1.82, 2.24) is 9.21 Å². The van der Waals surface area contributed by atoms with Crippen LogP contribution in [0.4, 0.5) is 5.69 Å². The van der Waals surface area contributed by atoms with Gasteiger partial charge in [-0.2, -0.15) is 4.31 Å². The van der Waals surface area contributed by atoms with E-state index in [9.17, 15) is 8.42 Å². The Bertz CT molecular complexity index is 602. The average Bonchev–Trinajstić information content (AvgIpc) is 2.31. The van der Waals surface area contributed by atoms with E-state index >= 15 is 0 Å². The standard InChI is InChI=1S/C15H25N3O2S/c1-12-8-13(16)10-14(9-12)21(19,20)18(4)11-15(17(2)3)6-5-7-15/h8-10H,5-7,11,16H2,1-4H3. The number of sulfonamides is 1. The molecule has 1 aromatic carbocycles. The summed E-state index contributed by atoms with van der Waals surface area (Å²) in [5, 5.41) is 0. The monoisotopic (exact) mass is 311 g/mol. The van der Waals surface area contributed by atoms with E-state index in [2.05, 4.69) is 4.90 Å². The highest BCUT2D eigenvalue weighted by atomic mass is 32.2. The highest BCUT2D eigenvalue weighted by Gasteiger charge is 2.42. The van der Waals surface area contributed by atoms with E-state index in [0.29, 0.717) is 12.2 Å². The number of benzene rings is 1.